The van der Waals surface area contributed by atoms with Gasteiger partial charge in [0.1, 0.15) is 0 Å². The second kappa shape index (κ2) is 8.15. The van der Waals surface area contributed by atoms with Crippen LogP contribution < -0.4 is 0 Å². The normalized spacial score (nSPS) is 11.7. The van der Waals surface area contributed by atoms with Gasteiger partial charge in [0.2, 0.25) is 0 Å². The largest absolute Gasteiger partial charge is 0.309 e. The standard InChI is InChI=1S/C34H22N4/c1-5-14-30-26(10-1)27-11-2-6-15-31(27)37(30)24-20-23(34-35-18-9-19-36-34)21-25(22-24)38-32-16-7-3-12-28(32)29-13-4-8-17-33(29)38/h1-22H. The van der Waals surface area contributed by atoms with Crippen LogP contribution in [0.4, 0.5) is 0 Å². The molecule has 0 saturated carbocycles. The van der Waals surface area contributed by atoms with Gasteiger partial charge >= 0.3 is 0 Å². The Labute approximate surface area is 219 Å². The Morgan fingerprint density at radius 2 is 0.763 bits per heavy atom. The van der Waals surface area contributed by atoms with E-state index < -0.39 is 0 Å². The van der Waals surface area contributed by atoms with E-state index >= 15 is 0 Å². The highest BCUT2D eigenvalue weighted by Gasteiger charge is 2.17. The van der Waals surface area contributed by atoms with Crippen LogP contribution in [0.1, 0.15) is 0 Å². The van der Waals surface area contributed by atoms with Gasteiger partial charge in [0.25, 0.3) is 0 Å². The summed E-state index contributed by atoms with van der Waals surface area (Å²) in [6, 6.07) is 43.0. The van der Waals surface area contributed by atoms with E-state index in [1.807, 2.05) is 6.07 Å². The zero-order chi connectivity index (χ0) is 25.1. The summed E-state index contributed by atoms with van der Waals surface area (Å²) in [5.74, 6) is 0.706. The van der Waals surface area contributed by atoms with Crippen LogP contribution in [0.2, 0.25) is 0 Å². The Hall–Kier alpha value is -5.22. The first kappa shape index (κ1) is 20.9. The van der Waals surface area contributed by atoms with Crippen LogP contribution in [0.5, 0.6) is 0 Å². The van der Waals surface area contributed by atoms with Gasteiger partial charge in [-0.25, -0.2) is 9.97 Å². The molecule has 38 heavy (non-hydrogen) atoms. The third-order valence-corrected chi connectivity index (χ3v) is 7.40. The molecule has 0 amide bonds. The van der Waals surface area contributed by atoms with E-state index in [0.717, 1.165) is 16.9 Å². The highest BCUT2D eigenvalue weighted by atomic mass is 15.0. The van der Waals surface area contributed by atoms with E-state index in [9.17, 15) is 0 Å². The average molecular weight is 487 g/mol. The molecular weight excluding hydrogens is 464 g/mol. The Morgan fingerprint density at radius 3 is 1.16 bits per heavy atom. The zero-order valence-electron chi connectivity index (χ0n) is 20.5. The van der Waals surface area contributed by atoms with E-state index in [-0.39, 0.29) is 0 Å². The fourth-order valence-electron chi connectivity index (χ4n) is 5.83. The number of aromatic nitrogens is 4. The van der Waals surface area contributed by atoms with Crippen molar-refractivity contribution in [1.82, 2.24) is 19.1 Å². The maximum absolute atomic E-state index is 4.61. The number of hydrogen-bond acceptors (Lipinski definition) is 2. The minimum Gasteiger partial charge on any atom is -0.309 e. The van der Waals surface area contributed by atoms with Gasteiger partial charge in [0.05, 0.1) is 22.1 Å². The molecule has 0 aliphatic carbocycles. The monoisotopic (exact) mass is 486 g/mol. The number of fused-ring (bicyclic) bond motifs is 6. The molecular formula is C34H22N4. The molecule has 8 aromatic rings. The second-order valence-electron chi connectivity index (χ2n) is 9.55. The Morgan fingerprint density at radius 1 is 0.395 bits per heavy atom. The molecule has 0 fully saturated rings. The third-order valence-electron chi connectivity index (χ3n) is 7.40. The van der Waals surface area contributed by atoms with Crippen LogP contribution >= 0.6 is 0 Å². The molecule has 4 heteroatoms. The van der Waals surface area contributed by atoms with Crippen molar-refractivity contribution in [2.45, 2.75) is 0 Å². The quantitative estimate of drug-likeness (QED) is 0.252. The molecule has 4 nitrogen and oxygen atoms in total. The summed E-state index contributed by atoms with van der Waals surface area (Å²) in [6.45, 7) is 0. The number of para-hydroxylation sites is 4. The maximum Gasteiger partial charge on any atom is 0.159 e. The van der Waals surface area contributed by atoms with Gasteiger partial charge in [-0.3, -0.25) is 0 Å². The lowest BCUT2D eigenvalue weighted by atomic mass is 10.1. The molecule has 0 N–H and O–H groups in total. The summed E-state index contributed by atoms with van der Waals surface area (Å²) < 4.78 is 4.71. The van der Waals surface area contributed by atoms with Crippen LogP contribution in [0.25, 0.3) is 66.4 Å². The van der Waals surface area contributed by atoms with E-state index in [1.54, 1.807) is 12.4 Å². The summed E-state index contributed by atoms with van der Waals surface area (Å²) in [7, 11) is 0. The molecule has 8 rings (SSSR count). The highest BCUT2D eigenvalue weighted by molar-refractivity contribution is 6.10. The van der Waals surface area contributed by atoms with Gasteiger partial charge in [-0.1, -0.05) is 72.8 Å². The van der Waals surface area contributed by atoms with Crippen molar-refractivity contribution in [2.75, 3.05) is 0 Å². The first-order valence-electron chi connectivity index (χ1n) is 12.8. The van der Waals surface area contributed by atoms with Crippen molar-refractivity contribution >= 4 is 43.6 Å². The summed E-state index contributed by atoms with van der Waals surface area (Å²) in [5, 5.41) is 4.96. The molecule has 0 atom stereocenters. The van der Waals surface area contributed by atoms with E-state index in [0.29, 0.717) is 5.82 Å². The van der Waals surface area contributed by atoms with Gasteiger partial charge in [0, 0.05) is 50.9 Å². The zero-order valence-corrected chi connectivity index (χ0v) is 20.5. The molecule has 3 aromatic heterocycles. The predicted molar refractivity (Wildman–Crippen MR) is 156 cm³/mol. The first-order valence-corrected chi connectivity index (χ1v) is 12.8. The molecule has 0 saturated heterocycles. The van der Waals surface area contributed by atoms with Gasteiger partial charge < -0.3 is 9.13 Å². The smallest absolute Gasteiger partial charge is 0.159 e. The van der Waals surface area contributed by atoms with E-state index in [4.69, 9.17) is 0 Å². The van der Waals surface area contributed by atoms with Crippen molar-refractivity contribution in [3.05, 3.63) is 134 Å². The SMILES string of the molecule is c1cnc(-c2cc(-n3c4ccccc4c4ccccc43)cc(-n3c4ccccc4c4ccccc43)c2)nc1. The van der Waals surface area contributed by atoms with E-state index in [2.05, 4.69) is 134 Å². The lowest BCUT2D eigenvalue weighted by Crippen LogP contribution is -2.01. The number of nitrogens with zero attached hydrogens (tertiary/aromatic N) is 4. The minimum absolute atomic E-state index is 0.706. The van der Waals surface area contributed by atoms with Crippen LogP contribution in [-0.2, 0) is 0 Å². The van der Waals surface area contributed by atoms with Gasteiger partial charge in [0.15, 0.2) is 5.82 Å². The maximum atomic E-state index is 4.61. The Balaban J connectivity index is 1.51. The summed E-state index contributed by atoms with van der Waals surface area (Å²) in [4.78, 5) is 9.23. The van der Waals surface area contributed by atoms with Crippen molar-refractivity contribution in [3.8, 4) is 22.8 Å². The number of hydrogen-bond donors (Lipinski definition) is 0. The summed E-state index contributed by atoms with van der Waals surface area (Å²) in [6.07, 6.45) is 3.60. The number of rotatable bonds is 3. The Kier molecular flexibility index (Phi) is 4.49. The molecule has 0 spiro atoms. The van der Waals surface area contributed by atoms with Crippen LogP contribution in [0.3, 0.4) is 0 Å². The lowest BCUT2D eigenvalue weighted by molar-refractivity contribution is 1.12. The topological polar surface area (TPSA) is 35.6 Å². The van der Waals surface area contributed by atoms with Crippen molar-refractivity contribution in [3.63, 3.8) is 0 Å². The highest BCUT2D eigenvalue weighted by Crippen LogP contribution is 2.37. The Bertz CT molecular complexity index is 1900. The molecule has 178 valence electrons. The van der Waals surface area contributed by atoms with E-state index in [1.165, 1.54) is 43.6 Å². The summed E-state index contributed by atoms with van der Waals surface area (Å²) >= 11 is 0. The fraction of sp³-hybridized carbons (Fsp3) is 0. The second-order valence-corrected chi connectivity index (χ2v) is 9.55. The van der Waals surface area contributed by atoms with Crippen LogP contribution in [0, 0.1) is 0 Å². The summed E-state index contributed by atoms with van der Waals surface area (Å²) in [5.41, 5.74) is 7.82. The van der Waals surface area contributed by atoms with Crippen molar-refractivity contribution < 1.29 is 0 Å². The van der Waals surface area contributed by atoms with Gasteiger partial charge in [-0.15, -0.1) is 0 Å². The fourth-order valence-corrected chi connectivity index (χ4v) is 5.83. The van der Waals surface area contributed by atoms with Crippen molar-refractivity contribution in [1.29, 1.82) is 0 Å². The lowest BCUT2D eigenvalue weighted by Gasteiger charge is -2.15. The first-order chi connectivity index (χ1) is 18.9. The molecule has 5 aromatic carbocycles. The molecule has 0 aliphatic rings. The molecule has 0 bridgehead atoms. The molecule has 0 aliphatic heterocycles. The third kappa shape index (κ3) is 3.04. The van der Waals surface area contributed by atoms with Gasteiger partial charge in [-0.05, 0) is 48.5 Å². The van der Waals surface area contributed by atoms with Crippen LogP contribution in [0.15, 0.2) is 134 Å². The minimum atomic E-state index is 0.706. The average Bonchev–Trinajstić information content (AvgIpc) is 3.51. The number of benzene rings is 5. The molecule has 0 radical (unpaired) electrons. The predicted octanol–water partition coefficient (Wildman–Crippen LogP) is 8.34. The molecule has 3 heterocycles. The van der Waals surface area contributed by atoms with Gasteiger partial charge in [-0.2, -0.15) is 0 Å². The van der Waals surface area contributed by atoms with Crippen molar-refractivity contribution in [2.24, 2.45) is 0 Å². The molecule has 0 unspecified atom stereocenters. The van der Waals surface area contributed by atoms with Crippen LogP contribution in [-0.4, -0.2) is 19.1 Å².